The largest absolute Gasteiger partial charge is 0.496 e. The number of methoxy groups -OCH3 is 1. The highest BCUT2D eigenvalue weighted by Gasteiger charge is 2.16. The Morgan fingerprint density at radius 2 is 2.32 bits per heavy atom. The molecule has 0 aliphatic carbocycles. The molecule has 1 aromatic rings. The van der Waals surface area contributed by atoms with E-state index in [9.17, 15) is 4.79 Å². The molecule has 2 heterocycles. The van der Waals surface area contributed by atoms with Crippen LogP contribution < -0.4 is 15.6 Å². The average molecular weight is 260 g/mol. The van der Waals surface area contributed by atoms with Crippen LogP contribution in [-0.2, 0) is 13.1 Å². The van der Waals surface area contributed by atoms with Crippen LogP contribution in [0.4, 0.5) is 0 Å². The van der Waals surface area contributed by atoms with Crippen LogP contribution in [0, 0.1) is 5.92 Å². The molecule has 0 aromatic carbocycles. The summed E-state index contributed by atoms with van der Waals surface area (Å²) in [6.07, 6.45) is 3.91. The molecule has 0 atom stereocenters. The van der Waals surface area contributed by atoms with Crippen molar-refractivity contribution < 1.29 is 4.74 Å². The first-order chi connectivity index (χ1) is 9.04. The molecule has 4 heteroatoms. The number of pyridine rings is 1. The summed E-state index contributed by atoms with van der Waals surface area (Å²) in [6.45, 7) is 9.16. The van der Waals surface area contributed by atoms with Gasteiger partial charge in [0.05, 0.1) is 12.7 Å². The molecule has 0 saturated carbocycles. The lowest BCUT2D eigenvalue weighted by Crippen LogP contribution is -2.28. The Morgan fingerprint density at radius 1 is 1.58 bits per heavy atom. The van der Waals surface area contributed by atoms with Gasteiger partial charge in [0.25, 0.3) is 5.56 Å². The van der Waals surface area contributed by atoms with Crippen LogP contribution in [-0.4, -0.2) is 11.7 Å². The fraction of sp³-hybridized carbons (Fsp3) is 0.400. The van der Waals surface area contributed by atoms with Gasteiger partial charge in [-0.3, -0.25) is 4.79 Å². The molecule has 0 bridgehead atoms. The zero-order valence-electron chi connectivity index (χ0n) is 11.7. The van der Waals surface area contributed by atoms with E-state index in [1.54, 1.807) is 11.7 Å². The minimum atomic E-state index is 0.00315. The van der Waals surface area contributed by atoms with Gasteiger partial charge in [0.2, 0.25) is 0 Å². The first-order valence-corrected chi connectivity index (χ1v) is 6.44. The molecule has 0 amide bonds. The number of fused-ring (bicyclic) bond motifs is 1. The molecular formula is C15H20N2O2. The fourth-order valence-corrected chi connectivity index (χ4v) is 2.04. The van der Waals surface area contributed by atoms with Gasteiger partial charge in [-0.05, 0) is 12.0 Å². The van der Waals surface area contributed by atoms with E-state index >= 15 is 0 Å². The van der Waals surface area contributed by atoms with Crippen LogP contribution in [0.5, 0.6) is 5.75 Å². The molecule has 0 radical (unpaired) electrons. The van der Waals surface area contributed by atoms with Crippen molar-refractivity contribution in [2.75, 3.05) is 7.11 Å². The smallest absolute Gasteiger partial charge is 0.260 e. The summed E-state index contributed by atoms with van der Waals surface area (Å²) in [6, 6.07) is 1.90. The first-order valence-electron chi connectivity index (χ1n) is 6.44. The summed E-state index contributed by atoms with van der Waals surface area (Å²) in [4.78, 5) is 12.4. The van der Waals surface area contributed by atoms with Crippen molar-refractivity contribution >= 4 is 6.08 Å². The summed E-state index contributed by atoms with van der Waals surface area (Å²) < 4.78 is 7.08. The molecule has 0 fully saturated rings. The van der Waals surface area contributed by atoms with Crippen molar-refractivity contribution in [1.82, 2.24) is 9.88 Å². The van der Waals surface area contributed by atoms with E-state index in [1.807, 2.05) is 18.2 Å². The number of allylic oxidation sites excluding steroid dienone is 2. The van der Waals surface area contributed by atoms with Crippen LogP contribution in [0.25, 0.3) is 6.08 Å². The molecule has 1 aromatic heterocycles. The van der Waals surface area contributed by atoms with E-state index in [0.717, 1.165) is 11.4 Å². The summed E-state index contributed by atoms with van der Waals surface area (Å²) >= 11 is 0. The molecule has 0 unspecified atom stereocenters. The van der Waals surface area contributed by atoms with Crippen LogP contribution in [0.1, 0.15) is 25.1 Å². The molecular weight excluding hydrogens is 240 g/mol. The van der Waals surface area contributed by atoms with Crippen LogP contribution >= 0.6 is 0 Å². The zero-order chi connectivity index (χ0) is 14.0. The number of hydrogen-bond donors (Lipinski definition) is 1. The highest BCUT2D eigenvalue weighted by molar-refractivity contribution is 5.53. The topological polar surface area (TPSA) is 43.3 Å². The van der Waals surface area contributed by atoms with E-state index in [4.69, 9.17) is 4.74 Å². The molecule has 19 heavy (non-hydrogen) atoms. The van der Waals surface area contributed by atoms with Gasteiger partial charge in [-0.2, -0.15) is 0 Å². The quantitative estimate of drug-likeness (QED) is 0.882. The van der Waals surface area contributed by atoms with Crippen molar-refractivity contribution in [3.8, 4) is 5.75 Å². The van der Waals surface area contributed by atoms with Crippen molar-refractivity contribution in [2.24, 2.45) is 5.92 Å². The SMILES string of the molecule is C=C(NCc1c(OC)cc2n(c1=O)CC=C2)C(C)C. The van der Waals surface area contributed by atoms with Crippen molar-refractivity contribution in [3.63, 3.8) is 0 Å². The third kappa shape index (κ3) is 2.57. The molecule has 1 N–H and O–H groups in total. The van der Waals surface area contributed by atoms with Gasteiger partial charge in [-0.15, -0.1) is 0 Å². The maximum absolute atomic E-state index is 12.4. The van der Waals surface area contributed by atoms with Crippen molar-refractivity contribution in [2.45, 2.75) is 26.9 Å². The normalized spacial score (nSPS) is 12.6. The Kier molecular flexibility index (Phi) is 3.79. The van der Waals surface area contributed by atoms with E-state index in [2.05, 4.69) is 25.7 Å². The number of nitrogens with one attached hydrogen (secondary N) is 1. The predicted octanol–water partition coefficient (Wildman–Crippen LogP) is 2.14. The lowest BCUT2D eigenvalue weighted by Gasteiger charge is -2.16. The Morgan fingerprint density at radius 3 is 2.95 bits per heavy atom. The molecule has 0 saturated heterocycles. The number of nitrogens with zero attached hydrogens (tertiary/aromatic N) is 1. The highest BCUT2D eigenvalue weighted by Crippen LogP contribution is 2.20. The Balaban J connectivity index is 2.30. The van der Waals surface area contributed by atoms with Gasteiger partial charge < -0.3 is 14.6 Å². The maximum atomic E-state index is 12.4. The third-order valence-electron chi connectivity index (χ3n) is 3.38. The molecule has 0 spiro atoms. The van der Waals surface area contributed by atoms with Gasteiger partial charge in [-0.25, -0.2) is 0 Å². The lowest BCUT2D eigenvalue weighted by atomic mass is 10.1. The molecule has 102 valence electrons. The van der Waals surface area contributed by atoms with Gasteiger partial charge in [0.15, 0.2) is 0 Å². The van der Waals surface area contributed by atoms with Crippen LogP contribution in [0.3, 0.4) is 0 Å². The van der Waals surface area contributed by atoms with E-state index < -0.39 is 0 Å². The third-order valence-corrected chi connectivity index (χ3v) is 3.38. The number of hydrogen-bond acceptors (Lipinski definition) is 3. The van der Waals surface area contributed by atoms with E-state index in [-0.39, 0.29) is 5.56 Å². The van der Waals surface area contributed by atoms with Gasteiger partial charge in [0.1, 0.15) is 5.75 Å². The van der Waals surface area contributed by atoms with Crippen LogP contribution in [0.2, 0.25) is 0 Å². The second-order valence-corrected chi connectivity index (χ2v) is 4.97. The molecule has 1 aliphatic heterocycles. The monoisotopic (exact) mass is 260 g/mol. The summed E-state index contributed by atoms with van der Waals surface area (Å²) in [7, 11) is 1.59. The second kappa shape index (κ2) is 5.34. The minimum absolute atomic E-state index is 0.00315. The molecule has 4 nitrogen and oxygen atoms in total. The number of ether oxygens (including phenoxy) is 1. The van der Waals surface area contributed by atoms with Crippen LogP contribution in [0.15, 0.2) is 29.2 Å². The van der Waals surface area contributed by atoms with Crippen molar-refractivity contribution in [3.05, 3.63) is 46.0 Å². The summed E-state index contributed by atoms with van der Waals surface area (Å²) in [5.74, 6) is 0.969. The van der Waals surface area contributed by atoms with Crippen molar-refractivity contribution in [1.29, 1.82) is 0 Å². The predicted molar refractivity (Wildman–Crippen MR) is 77.1 cm³/mol. The van der Waals surface area contributed by atoms with Gasteiger partial charge in [-0.1, -0.05) is 26.5 Å². The minimum Gasteiger partial charge on any atom is -0.496 e. The van der Waals surface area contributed by atoms with E-state index in [0.29, 0.717) is 30.3 Å². The number of rotatable bonds is 5. The Labute approximate surface area is 113 Å². The Hall–Kier alpha value is -1.97. The van der Waals surface area contributed by atoms with E-state index in [1.165, 1.54) is 0 Å². The maximum Gasteiger partial charge on any atom is 0.260 e. The highest BCUT2D eigenvalue weighted by atomic mass is 16.5. The fourth-order valence-electron chi connectivity index (χ4n) is 2.04. The number of aromatic nitrogens is 1. The lowest BCUT2D eigenvalue weighted by molar-refractivity contribution is 0.405. The molecule has 2 rings (SSSR count). The molecule has 1 aliphatic rings. The zero-order valence-corrected chi connectivity index (χ0v) is 11.7. The second-order valence-electron chi connectivity index (χ2n) is 4.97. The standard InChI is InChI=1S/C15H20N2O2/c1-10(2)11(3)16-9-13-14(19-4)8-12-6-5-7-17(12)15(13)18/h5-6,8,10,16H,3,7,9H2,1-2,4H3. The van der Waals surface area contributed by atoms with Gasteiger partial charge >= 0.3 is 0 Å². The summed E-state index contributed by atoms with van der Waals surface area (Å²) in [5, 5.41) is 3.20. The van der Waals surface area contributed by atoms with Gasteiger partial charge in [0, 0.05) is 30.5 Å². The average Bonchev–Trinajstić information content (AvgIpc) is 2.85. The summed E-state index contributed by atoms with van der Waals surface area (Å²) in [5.41, 5.74) is 2.47. The Bertz CT molecular complexity index is 583. The first kappa shape index (κ1) is 13.5.